The Labute approximate surface area is 121 Å². The summed E-state index contributed by atoms with van der Waals surface area (Å²) < 4.78 is 18.2. The molecule has 1 aromatic carbocycles. The Balaban J connectivity index is 1.77. The third-order valence-electron chi connectivity index (χ3n) is 4.10. The van der Waals surface area contributed by atoms with E-state index < -0.39 is 13.2 Å². The molecule has 1 fully saturated rings. The van der Waals surface area contributed by atoms with E-state index in [1.807, 2.05) is 23.2 Å². The summed E-state index contributed by atoms with van der Waals surface area (Å²) in [6, 6.07) is 8.87. The topological polar surface area (TPSA) is 32.2 Å². The fourth-order valence-corrected chi connectivity index (χ4v) is 3.10. The lowest BCUT2D eigenvalue weighted by Gasteiger charge is -2.25. The first-order valence-corrected chi connectivity index (χ1v) is 7.11. The number of aromatic nitrogens is 1. The zero-order valence-corrected chi connectivity index (χ0v) is 11.3. The number of hydrogen-bond donors (Lipinski definition) is 2. The maximum Gasteiger partial charge on any atom is 0.0728 e. The molecule has 0 bridgehead atoms. The Bertz CT molecular complexity index is 705. The molecule has 2 unspecified atom stereocenters. The van der Waals surface area contributed by atoms with Crippen molar-refractivity contribution in [3.63, 3.8) is 0 Å². The van der Waals surface area contributed by atoms with Crippen molar-refractivity contribution in [2.24, 2.45) is 0 Å². The highest BCUT2D eigenvalue weighted by Gasteiger charge is 2.19. The van der Waals surface area contributed by atoms with Crippen LogP contribution >= 0.6 is 0 Å². The molecule has 4 nitrogen and oxygen atoms in total. The van der Waals surface area contributed by atoms with Gasteiger partial charge in [0.2, 0.25) is 0 Å². The number of nitrogens with one attached hydrogen (secondary N) is 2. The molecule has 0 saturated carbocycles. The number of fused-ring (bicyclic) bond motifs is 1. The zero-order chi connectivity index (χ0) is 15.1. The molecule has 4 heteroatoms. The summed E-state index contributed by atoms with van der Waals surface area (Å²) in [7, 11) is 0. The highest BCUT2D eigenvalue weighted by molar-refractivity contribution is 5.93. The van der Waals surface area contributed by atoms with Crippen molar-refractivity contribution in [1.29, 1.82) is 0 Å². The molecule has 0 amide bonds. The largest absolute Gasteiger partial charge is 0.343 e. The molecule has 3 atom stereocenters. The molecular weight excluding hydrogens is 248 g/mol. The summed E-state index contributed by atoms with van der Waals surface area (Å²) in [5.74, 6) is 0. The van der Waals surface area contributed by atoms with Crippen LogP contribution in [0.3, 0.4) is 0 Å². The minimum Gasteiger partial charge on any atom is -0.343 e. The van der Waals surface area contributed by atoms with Crippen LogP contribution in [0.2, 0.25) is 0 Å². The van der Waals surface area contributed by atoms with Crippen molar-refractivity contribution in [1.82, 2.24) is 15.2 Å². The second-order valence-corrected chi connectivity index (χ2v) is 5.29. The van der Waals surface area contributed by atoms with E-state index in [9.17, 15) is 0 Å². The van der Waals surface area contributed by atoms with Gasteiger partial charge in [0.1, 0.15) is 0 Å². The number of anilines is 1. The van der Waals surface area contributed by atoms with E-state index in [0.717, 1.165) is 30.6 Å². The Morgan fingerprint density at radius 1 is 1.25 bits per heavy atom. The van der Waals surface area contributed by atoms with E-state index in [1.54, 1.807) is 6.08 Å². The number of benzene rings is 1. The van der Waals surface area contributed by atoms with Gasteiger partial charge in [-0.05, 0) is 31.2 Å². The number of rotatable bonds is 2. The van der Waals surface area contributed by atoms with Crippen LogP contribution in [0.15, 0.2) is 42.7 Å². The minimum absolute atomic E-state index is 0.507. The van der Waals surface area contributed by atoms with Crippen molar-refractivity contribution in [2.75, 3.05) is 31.2 Å². The average molecular weight is 270 g/mol. The first-order chi connectivity index (χ1) is 10.7. The summed E-state index contributed by atoms with van der Waals surface area (Å²) in [6.45, 7) is 0.949. The molecule has 2 aromatic rings. The van der Waals surface area contributed by atoms with Crippen molar-refractivity contribution in [3.8, 4) is 0 Å². The average Bonchev–Trinajstić information content (AvgIpc) is 3.16. The number of hydrogen-bond acceptors (Lipinski definition) is 3. The highest BCUT2D eigenvalue weighted by atomic mass is 15.2. The summed E-state index contributed by atoms with van der Waals surface area (Å²) in [6.07, 6.45) is 6.91. The van der Waals surface area contributed by atoms with Crippen molar-refractivity contribution >= 4 is 16.6 Å². The van der Waals surface area contributed by atoms with E-state index >= 15 is 0 Å². The smallest absolute Gasteiger partial charge is 0.0728 e. The van der Waals surface area contributed by atoms with Crippen LogP contribution in [0.5, 0.6) is 0 Å². The second kappa shape index (κ2) is 4.96. The van der Waals surface area contributed by atoms with E-state index in [4.69, 9.17) is 2.74 Å². The fraction of sp³-hybridized carbons (Fsp3) is 0.375. The molecule has 3 heterocycles. The SMILES string of the molecule is [2H]C1C=CN(c2cccc3c2ccn3C2CCNC2)[C@H]([2H])N1. The van der Waals surface area contributed by atoms with E-state index in [1.165, 1.54) is 5.52 Å². The summed E-state index contributed by atoms with van der Waals surface area (Å²) in [5, 5.41) is 7.48. The van der Waals surface area contributed by atoms with E-state index in [2.05, 4.69) is 33.5 Å². The molecule has 0 radical (unpaired) electrons. The van der Waals surface area contributed by atoms with Crippen LogP contribution in [0, 0.1) is 0 Å². The van der Waals surface area contributed by atoms with Gasteiger partial charge in [0.05, 0.1) is 19.2 Å². The van der Waals surface area contributed by atoms with Crippen LogP contribution < -0.4 is 15.5 Å². The van der Waals surface area contributed by atoms with Crippen LogP contribution in [0.25, 0.3) is 10.9 Å². The maximum absolute atomic E-state index is 8.17. The third kappa shape index (κ3) is 1.92. The summed E-state index contributed by atoms with van der Waals surface area (Å²) in [4.78, 5) is 1.88. The lowest BCUT2D eigenvalue weighted by Crippen LogP contribution is -2.34. The van der Waals surface area contributed by atoms with Crippen LogP contribution in [-0.2, 0) is 0 Å². The molecule has 2 aliphatic rings. The van der Waals surface area contributed by atoms with Gasteiger partial charge < -0.3 is 14.8 Å². The minimum atomic E-state index is -0.630. The van der Waals surface area contributed by atoms with Gasteiger partial charge in [0.15, 0.2) is 0 Å². The van der Waals surface area contributed by atoms with Crippen LogP contribution in [0.1, 0.15) is 15.2 Å². The fourth-order valence-electron chi connectivity index (χ4n) is 3.10. The van der Waals surface area contributed by atoms with Crippen molar-refractivity contribution < 1.29 is 2.74 Å². The molecule has 2 aliphatic heterocycles. The Morgan fingerprint density at radius 3 is 3.10 bits per heavy atom. The second-order valence-electron chi connectivity index (χ2n) is 5.29. The normalized spacial score (nSPS) is 31.6. The molecule has 20 heavy (non-hydrogen) atoms. The van der Waals surface area contributed by atoms with Gasteiger partial charge in [-0.15, -0.1) is 0 Å². The maximum atomic E-state index is 8.17. The summed E-state index contributed by atoms with van der Waals surface area (Å²) in [5.41, 5.74) is 2.22. The van der Waals surface area contributed by atoms with Gasteiger partial charge in [-0.3, -0.25) is 5.32 Å². The van der Waals surface area contributed by atoms with E-state index in [0.29, 0.717) is 6.04 Å². The van der Waals surface area contributed by atoms with Gasteiger partial charge in [0, 0.05) is 38.3 Å². The Hall–Kier alpha value is -1.78. The van der Waals surface area contributed by atoms with Crippen molar-refractivity contribution in [3.05, 3.63) is 42.7 Å². The first kappa shape index (κ1) is 10.0. The lowest BCUT2D eigenvalue weighted by atomic mass is 10.2. The molecule has 1 aromatic heterocycles. The predicted molar refractivity (Wildman–Crippen MR) is 83.0 cm³/mol. The van der Waals surface area contributed by atoms with Crippen LogP contribution in [-0.4, -0.2) is 30.8 Å². The molecule has 2 N–H and O–H groups in total. The quantitative estimate of drug-likeness (QED) is 0.876. The zero-order valence-electron chi connectivity index (χ0n) is 13.3. The first-order valence-electron chi connectivity index (χ1n) is 8.27. The molecule has 1 saturated heterocycles. The molecule has 0 spiro atoms. The van der Waals surface area contributed by atoms with Crippen LogP contribution in [0.4, 0.5) is 5.69 Å². The van der Waals surface area contributed by atoms with Crippen molar-refractivity contribution in [2.45, 2.75) is 12.5 Å². The molecule has 104 valence electrons. The van der Waals surface area contributed by atoms with Gasteiger partial charge in [-0.1, -0.05) is 12.1 Å². The predicted octanol–water partition coefficient (Wildman–Crippen LogP) is 2.06. The Morgan fingerprint density at radius 2 is 2.25 bits per heavy atom. The third-order valence-corrected chi connectivity index (χ3v) is 4.10. The van der Waals surface area contributed by atoms with Gasteiger partial charge in [-0.25, -0.2) is 0 Å². The monoisotopic (exact) mass is 270 g/mol. The highest BCUT2D eigenvalue weighted by Crippen LogP contribution is 2.31. The molecule has 4 rings (SSSR count). The Kier molecular flexibility index (Phi) is 2.49. The van der Waals surface area contributed by atoms with E-state index in [-0.39, 0.29) is 0 Å². The summed E-state index contributed by atoms with van der Waals surface area (Å²) >= 11 is 0. The van der Waals surface area contributed by atoms with Gasteiger partial charge in [-0.2, -0.15) is 0 Å². The standard InChI is InChI=1S/C16H20N4/c1-3-15(19-9-2-7-18-12-19)14-6-10-20(16(14)4-1)13-5-8-17-11-13/h1-4,6,9-10,13,17-18H,5,7-8,11-12H2/i7D,12D/t7?,12-,13?/m1/s1. The molecule has 0 aliphatic carbocycles. The number of nitrogens with zero attached hydrogens (tertiary/aromatic N) is 2. The van der Waals surface area contributed by atoms with Gasteiger partial charge >= 0.3 is 0 Å². The lowest BCUT2D eigenvalue weighted by molar-refractivity contribution is 0.565. The van der Waals surface area contributed by atoms with Gasteiger partial charge in [0.25, 0.3) is 0 Å². The molecular formula is C16H20N4.